The Bertz CT molecular complexity index is 348. The van der Waals surface area contributed by atoms with E-state index in [0.717, 1.165) is 0 Å². The maximum Gasteiger partial charge on any atom is 0.0843 e. The molecule has 4 N–H and O–H groups in total. The summed E-state index contributed by atoms with van der Waals surface area (Å²) in [6, 6.07) is 0. The zero-order chi connectivity index (χ0) is 14.0. The second-order valence-corrected chi connectivity index (χ2v) is 7.89. The minimum absolute atomic E-state index is 0.353. The van der Waals surface area contributed by atoms with Crippen LogP contribution in [0.4, 0.5) is 0 Å². The van der Waals surface area contributed by atoms with Crippen molar-refractivity contribution in [1.29, 1.82) is 0 Å². The van der Waals surface area contributed by atoms with Gasteiger partial charge in [0.2, 0.25) is 0 Å². The fourth-order valence-electron chi connectivity index (χ4n) is 0.541. The van der Waals surface area contributed by atoms with Gasteiger partial charge >= 0.3 is 0 Å². The van der Waals surface area contributed by atoms with Gasteiger partial charge in [0.25, 0.3) is 0 Å². The van der Waals surface area contributed by atoms with Crippen molar-refractivity contribution in [2.45, 2.75) is 27.7 Å². The smallest absolute Gasteiger partial charge is 0.0843 e. The molecular formula is C10H16N2S5. The first-order valence-electron chi connectivity index (χ1n) is 4.80. The zero-order valence-corrected chi connectivity index (χ0v) is 14.3. The van der Waals surface area contributed by atoms with Crippen LogP contribution in [0.2, 0.25) is 0 Å². The first-order valence-corrected chi connectivity index (χ1v) is 7.25. The Labute approximate surface area is 128 Å². The molecular weight excluding hydrogens is 308 g/mol. The van der Waals surface area contributed by atoms with E-state index < -0.39 is 10.8 Å². The van der Waals surface area contributed by atoms with Crippen LogP contribution in [-0.2, 0) is 0 Å². The molecule has 0 aromatic heterocycles. The molecule has 0 saturated carbocycles. The lowest BCUT2D eigenvalue weighted by Crippen LogP contribution is -2.39. The lowest BCUT2D eigenvalue weighted by Gasteiger charge is -2.28. The van der Waals surface area contributed by atoms with Gasteiger partial charge in [-0.25, -0.2) is 0 Å². The van der Waals surface area contributed by atoms with E-state index in [0.29, 0.717) is 18.4 Å². The molecule has 0 amide bonds. The van der Waals surface area contributed by atoms with Gasteiger partial charge in [0.05, 0.1) is 29.2 Å². The number of thiocarbonyl (C=S) groups is 4. The fraction of sp³-hybridized carbons (Fsp3) is 0.600. The molecule has 96 valence electrons. The standard InChI is InChI=1S/C10H16N2S5/c1-9(2,5(11)13)7(15)17-8(16)10(3,4)6(12)14/h1-4H3,(H2,11,13)(H2,12,14). The number of hydrogen-bond acceptors (Lipinski definition) is 5. The topological polar surface area (TPSA) is 52.0 Å². The van der Waals surface area contributed by atoms with Crippen LogP contribution in [0, 0.1) is 10.8 Å². The molecule has 0 heterocycles. The second-order valence-electron chi connectivity index (χ2n) is 4.66. The summed E-state index contributed by atoms with van der Waals surface area (Å²) in [6.45, 7) is 7.50. The predicted octanol–water partition coefficient (Wildman–Crippen LogP) is 3.00. The third-order valence-corrected chi connectivity index (χ3v) is 6.37. The Hall–Kier alpha value is 0.310. The Kier molecular flexibility index (Phi) is 6.08. The highest BCUT2D eigenvalue weighted by Crippen LogP contribution is 2.33. The third kappa shape index (κ3) is 4.17. The Morgan fingerprint density at radius 1 is 0.765 bits per heavy atom. The van der Waals surface area contributed by atoms with E-state index in [1.165, 1.54) is 11.8 Å². The molecule has 0 fully saturated rings. The number of nitrogens with two attached hydrogens (primary N) is 2. The molecule has 0 unspecified atom stereocenters. The van der Waals surface area contributed by atoms with Gasteiger partial charge in [-0.1, -0.05) is 60.6 Å². The van der Waals surface area contributed by atoms with E-state index >= 15 is 0 Å². The fourth-order valence-corrected chi connectivity index (χ4v) is 2.78. The van der Waals surface area contributed by atoms with Crippen LogP contribution in [0.3, 0.4) is 0 Å². The summed E-state index contributed by atoms with van der Waals surface area (Å²) >= 11 is 21.9. The van der Waals surface area contributed by atoms with Gasteiger partial charge in [0.1, 0.15) is 0 Å². The lowest BCUT2D eigenvalue weighted by molar-refractivity contribution is 0.752. The van der Waals surface area contributed by atoms with Gasteiger partial charge in [-0.3, -0.25) is 0 Å². The summed E-state index contributed by atoms with van der Waals surface area (Å²) < 4.78 is 1.28. The number of rotatable bonds is 4. The molecule has 0 aliphatic heterocycles. The second kappa shape index (κ2) is 5.97. The van der Waals surface area contributed by atoms with Crippen LogP contribution in [0.1, 0.15) is 27.7 Å². The highest BCUT2D eigenvalue weighted by atomic mass is 32.2. The molecule has 0 aromatic carbocycles. The lowest BCUT2D eigenvalue weighted by atomic mass is 9.96. The molecule has 2 nitrogen and oxygen atoms in total. The molecule has 7 heteroatoms. The van der Waals surface area contributed by atoms with Crippen molar-refractivity contribution in [1.82, 2.24) is 0 Å². The van der Waals surface area contributed by atoms with E-state index in [-0.39, 0.29) is 0 Å². The first-order chi connectivity index (χ1) is 7.44. The quantitative estimate of drug-likeness (QED) is 0.771. The summed E-state index contributed by atoms with van der Waals surface area (Å²) in [6.07, 6.45) is 0. The predicted molar refractivity (Wildman–Crippen MR) is 93.9 cm³/mol. The van der Waals surface area contributed by atoms with Crippen LogP contribution in [-0.4, -0.2) is 18.4 Å². The minimum Gasteiger partial charge on any atom is -0.393 e. The van der Waals surface area contributed by atoms with Crippen molar-refractivity contribution < 1.29 is 0 Å². The van der Waals surface area contributed by atoms with E-state index in [1.54, 1.807) is 0 Å². The first kappa shape index (κ1) is 17.3. The average Bonchev–Trinajstić information content (AvgIpc) is 2.16. The minimum atomic E-state index is -0.522. The Morgan fingerprint density at radius 3 is 1.18 bits per heavy atom. The summed E-state index contributed by atoms with van der Waals surface area (Å²) in [5.74, 6) is 0. The van der Waals surface area contributed by atoms with Crippen LogP contribution >= 0.6 is 60.6 Å². The van der Waals surface area contributed by atoms with Gasteiger partial charge in [0.15, 0.2) is 0 Å². The monoisotopic (exact) mass is 324 g/mol. The highest BCUT2D eigenvalue weighted by molar-refractivity contribution is 8.38. The number of thioether (sulfide) groups is 1. The molecule has 0 aliphatic rings. The molecule has 0 atom stereocenters. The van der Waals surface area contributed by atoms with Crippen molar-refractivity contribution in [2.24, 2.45) is 22.3 Å². The molecule has 0 spiro atoms. The molecule has 0 aromatic rings. The van der Waals surface area contributed by atoms with Crippen LogP contribution < -0.4 is 11.5 Å². The summed E-state index contributed by atoms with van der Waals surface area (Å²) in [5.41, 5.74) is 10.3. The van der Waals surface area contributed by atoms with Crippen molar-refractivity contribution in [2.75, 3.05) is 0 Å². The van der Waals surface area contributed by atoms with Crippen molar-refractivity contribution in [3.63, 3.8) is 0 Å². The normalized spacial score (nSPS) is 12.0. The summed E-state index contributed by atoms with van der Waals surface area (Å²) in [4.78, 5) is 0.705. The van der Waals surface area contributed by atoms with Crippen molar-refractivity contribution in [3.05, 3.63) is 0 Å². The molecule has 0 aliphatic carbocycles. The van der Waals surface area contributed by atoms with Crippen molar-refractivity contribution >= 4 is 79.0 Å². The van der Waals surface area contributed by atoms with Gasteiger partial charge in [0, 0.05) is 0 Å². The molecule has 17 heavy (non-hydrogen) atoms. The van der Waals surface area contributed by atoms with Gasteiger partial charge < -0.3 is 11.5 Å². The van der Waals surface area contributed by atoms with E-state index in [4.69, 9.17) is 60.3 Å². The van der Waals surface area contributed by atoms with Gasteiger partial charge in [-0.2, -0.15) is 0 Å². The van der Waals surface area contributed by atoms with Crippen LogP contribution in [0.5, 0.6) is 0 Å². The average molecular weight is 325 g/mol. The number of hydrogen-bond donors (Lipinski definition) is 2. The SMILES string of the molecule is CC(C)(C(N)=S)C(=S)SC(=S)C(C)(C)C(N)=S. The Balaban J connectivity index is 4.90. The summed E-state index contributed by atoms with van der Waals surface area (Å²) in [5, 5.41) is 0. The highest BCUT2D eigenvalue weighted by Gasteiger charge is 2.33. The maximum absolute atomic E-state index is 5.65. The molecule has 0 radical (unpaired) electrons. The van der Waals surface area contributed by atoms with E-state index in [9.17, 15) is 0 Å². The molecule has 0 rings (SSSR count). The summed E-state index contributed by atoms with van der Waals surface area (Å²) in [7, 11) is 0. The third-order valence-electron chi connectivity index (χ3n) is 2.44. The van der Waals surface area contributed by atoms with E-state index in [2.05, 4.69) is 0 Å². The van der Waals surface area contributed by atoms with E-state index in [1.807, 2.05) is 27.7 Å². The van der Waals surface area contributed by atoms with Crippen molar-refractivity contribution in [3.8, 4) is 0 Å². The molecule has 0 saturated heterocycles. The van der Waals surface area contributed by atoms with Crippen LogP contribution in [0.25, 0.3) is 0 Å². The maximum atomic E-state index is 5.65. The Morgan fingerprint density at radius 2 is 1.00 bits per heavy atom. The molecule has 0 bridgehead atoms. The largest absolute Gasteiger partial charge is 0.393 e. The van der Waals surface area contributed by atoms with Gasteiger partial charge in [-0.15, -0.1) is 0 Å². The zero-order valence-electron chi connectivity index (χ0n) is 10.2. The van der Waals surface area contributed by atoms with Gasteiger partial charge in [-0.05, 0) is 27.7 Å². The van der Waals surface area contributed by atoms with Crippen LogP contribution in [0.15, 0.2) is 0 Å².